The minimum Gasteiger partial charge on any atom is -0.289 e. The van der Waals surface area contributed by atoms with Crippen LogP contribution in [0.5, 0.6) is 0 Å². The largest absolute Gasteiger partial charge is 0.289 e. The van der Waals surface area contributed by atoms with Crippen molar-refractivity contribution >= 4 is 33.3 Å². The summed E-state index contributed by atoms with van der Waals surface area (Å²) in [6.07, 6.45) is 1.32. The van der Waals surface area contributed by atoms with Crippen molar-refractivity contribution in [3.63, 3.8) is 0 Å². The maximum absolute atomic E-state index is 11.4. The summed E-state index contributed by atoms with van der Waals surface area (Å²) >= 11 is 3.38. The van der Waals surface area contributed by atoms with Crippen LogP contribution in [0.2, 0.25) is 0 Å². The van der Waals surface area contributed by atoms with Gasteiger partial charge in [0, 0.05) is 10.5 Å². The molecule has 0 saturated carbocycles. The number of halogens is 1. The highest BCUT2D eigenvalue weighted by molar-refractivity contribution is 9.10. The Bertz CT molecular complexity index is 491. The molecule has 0 saturated heterocycles. The Morgan fingerprint density at radius 1 is 1.27 bits per heavy atom. The molecule has 1 aliphatic rings. The van der Waals surface area contributed by atoms with Crippen LogP contribution in [0.4, 0.5) is 0 Å². The summed E-state index contributed by atoms with van der Waals surface area (Å²) in [6.45, 7) is 1.93. The fraction of sp³-hybridized carbons (Fsp3) is 0.0909. The van der Waals surface area contributed by atoms with Gasteiger partial charge in [0.1, 0.15) is 0 Å². The number of amides is 2. The topological polar surface area (TPSA) is 46.2 Å². The third-order valence-electron chi connectivity index (χ3n) is 2.23. The lowest BCUT2D eigenvalue weighted by molar-refractivity contribution is -0.123. The average Bonchev–Trinajstić information content (AvgIpc) is 2.50. The van der Waals surface area contributed by atoms with Crippen LogP contribution in [0.25, 0.3) is 5.57 Å². The number of aryl methyl sites for hydroxylation is 1. The van der Waals surface area contributed by atoms with Gasteiger partial charge in [0.05, 0.1) is 5.57 Å². The Hall–Kier alpha value is -1.42. The summed E-state index contributed by atoms with van der Waals surface area (Å²) in [5, 5.41) is 2.22. The number of carbonyl (C=O) groups is 2. The first-order chi connectivity index (χ1) is 7.08. The Kier molecular flexibility index (Phi) is 2.44. The van der Waals surface area contributed by atoms with Gasteiger partial charge in [0.15, 0.2) is 0 Å². The van der Waals surface area contributed by atoms with Crippen molar-refractivity contribution in [1.29, 1.82) is 0 Å². The van der Waals surface area contributed by atoms with E-state index < -0.39 is 0 Å². The third-order valence-corrected chi connectivity index (χ3v) is 3.12. The SMILES string of the molecule is Cc1cc(C2=CC(=O)NC2=O)ccc1Br. The molecule has 0 radical (unpaired) electrons. The Morgan fingerprint density at radius 2 is 2.00 bits per heavy atom. The van der Waals surface area contributed by atoms with Gasteiger partial charge in [-0.1, -0.05) is 28.1 Å². The molecule has 1 aromatic carbocycles. The fourth-order valence-corrected chi connectivity index (χ4v) is 1.69. The predicted octanol–water partition coefficient (Wildman–Crippen LogP) is 1.80. The minimum absolute atomic E-state index is 0.332. The molecule has 1 aromatic rings. The molecular formula is C11H8BrNO2. The van der Waals surface area contributed by atoms with Gasteiger partial charge in [0.25, 0.3) is 11.8 Å². The number of carbonyl (C=O) groups excluding carboxylic acids is 2. The molecule has 0 bridgehead atoms. The molecule has 15 heavy (non-hydrogen) atoms. The quantitative estimate of drug-likeness (QED) is 0.788. The Morgan fingerprint density at radius 3 is 2.53 bits per heavy atom. The van der Waals surface area contributed by atoms with Gasteiger partial charge in [0.2, 0.25) is 0 Å². The Labute approximate surface area is 95.3 Å². The van der Waals surface area contributed by atoms with Gasteiger partial charge in [-0.15, -0.1) is 0 Å². The third kappa shape index (κ3) is 1.85. The normalized spacial score (nSPS) is 15.2. The number of hydrogen-bond donors (Lipinski definition) is 1. The van der Waals surface area contributed by atoms with E-state index in [0.29, 0.717) is 5.57 Å². The van der Waals surface area contributed by atoms with Crippen molar-refractivity contribution in [1.82, 2.24) is 5.32 Å². The second-order valence-corrected chi connectivity index (χ2v) is 4.19. The number of nitrogens with one attached hydrogen (secondary N) is 1. The summed E-state index contributed by atoms with van der Waals surface area (Å²) in [5.74, 6) is -0.683. The van der Waals surface area contributed by atoms with E-state index in [1.54, 1.807) is 6.07 Å². The van der Waals surface area contributed by atoms with Crippen LogP contribution in [0.1, 0.15) is 11.1 Å². The Balaban J connectivity index is 2.47. The van der Waals surface area contributed by atoms with E-state index in [9.17, 15) is 9.59 Å². The molecule has 0 unspecified atom stereocenters. The first kappa shape index (κ1) is 10.1. The molecule has 0 aromatic heterocycles. The number of imide groups is 1. The van der Waals surface area contributed by atoms with E-state index in [1.807, 2.05) is 19.1 Å². The van der Waals surface area contributed by atoms with Gasteiger partial charge >= 0.3 is 0 Å². The summed E-state index contributed by atoms with van der Waals surface area (Å²) < 4.78 is 0.983. The molecule has 2 amide bonds. The number of rotatable bonds is 1. The summed E-state index contributed by atoms with van der Waals surface area (Å²) in [4.78, 5) is 22.3. The zero-order valence-electron chi connectivity index (χ0n) is 8.00. The molecule has 0 spiro atoms. The van der Waals surface area contributed by atoms with Crippen LogP contribution in [0.3, 0.4) is 0 Å². The van der Waals surface area contributed by atoms with Crippen LogP contribution in [0.15, 0.2) is 28.7 Å². The molecule has 0 aliphatic carbocycles. The monoisotopic (exact) mass is 265 g/mol. The molecular weight excluding hydrogens is 258 g/mol. The van der Waals surface area contributed by atoms with E-state index in [2.05, 4.69) is 21.2 Å². The summed E-state index contributed by atoms with van der Waals surface area (Å²) in [7, 11) is 0. The molecule has 1 heterocycles. The maximum Gasteiger partial charge on any atom is 0.258 e. The predicted molar refractivity (Wildman–Crippen MR) is 60.0 cm³/mol. The summed E-state index contributed by atoms with van der Waals surface area (Å²) in [6, 6.07) is 5.54. The van der Waals surface area contributed by atoms with Gasteiger partial charge in [-0.3, -0.25) is 14.9 Å². The van der Waals surface area contributed by atoms with Crippen molar-refractivity contribution in [2.75, 3.05) is 0 Å². The van der Waals surface area contributed by atoms with E-state index in [1.165, 1.54) is 6.08 Å². The van der Waals surface area contributed by atoms with Crippen LogP contribution in [0, 0.1) is 6.92 Å². The maximum atomic E-state index is 11.4. The van der Waals surface area contributed by atoms with Crippen LogP contribution in [-0.2, 0) is 9.59 Å². The van der Waals surface area contributed by atoms with Crippen molar-refractivity contribution in [3.05, 3.63) is 39.9 Å². The first-order valence-corrected chi connectivity index (χ1v) is 5.21. The van der Waals surface area contributed by atoms with Crippen LogP contribution >= 0.6 is 15.9 Å². The molecule has 0 fully saturated rings. The van der Waals surface area contributed by atoms with Crippen molar-refractivity contribution in [2.45, 2.75) is 6.92 Å². The second kappa shape index (κ2) is 3.62. The van der Waals surface area contributed by atoms with Gasteiger partial charge in [-0.25, -0.2) is 0 Å². The fourth-order valence-electron chi connectivity index (χ4n) is 1.44. The molecule has 1 N–H and O–H groups in total. The second-order valence-electron chi connectivity index (χ2n) is 3.34. The van der Waals surface area contributed by atoms with E-state index >= 15 is 0 Å². The molecule has 1 aliphatic heterocycles. The van der Waals surface area contributed by atoms with Crippen molar-refractivity contribution in [3.8, 4) is 0 Å². The lowest BCUT2D eigenvalue weighted by Gasteiger charge is -2.03. The molecule has 0 atom stereocenters. The standard InChI is InChI=1S/C11H8BrNO2/c1-6-4-7(2-3-9(6)12)8-5-10(14)13-11(8)15/h2-5H,1H3,(H,13,14,15). The molecule has 2 rings (SSSR count). The van der Waals surface area contributed by atoms with Gasteiger partial charge in [-0.05, 0) is 24.1 Å². The molecule has 76 valence electrons. The number of hydrogen-bond acceptors (Lipinski definition) is 2. The zero-order valence-corrected chi connectivity index (χ0v) is 9.59. The van der Waals surface area contributed by atoms with Crippen molar-refractivity contribution < 1.29 is 9.59 Å². The highest BCUT2D eigenvalue weighted by Crippen LogP contribution is 2.23. The summed E-state index contributed by atoms with van der Waals surface area (Å²) in [5.41, 5.74) is 2.22. The average molecular weight is 266 g/mol. The van der Waals surface area contributed by atoms with E-state index in [0.717, 1.165) is 15.6 Å². The first-order valence-electron chi connectivity index (χ1n) is 4.41. The molecule has 3 nitrogen and oxygen atoms in total. The van der Waals surface area contributed by atoms with Crippen molar-refractivity contribution in [2.24, 2.45) is 0 Å². The highest BCUT2D eigenvalue weighted by atomic mass is 79.9. The van der Waals surface area contributed by atoms with Crippen LogP contribution < -0.4 is 5.32 Å². The minimum atomic E-state index is -0.351. The number of benzene rings is 1. The molecule has 4 heteroatoms. The zero-order chi connectivity index (χ0) is 11.0. The lowest BCUT2D eigenvalue weighted by atomic mass is 10.0. The van der Waals surface area contributed by atoms with E-state index in [-0.39, 0.29) is 11.8 Å². The van der Waals surface area contributed by atoms with Gasteiger partial charge in [-0.2, -0.15) is 0 Å². The smallest absolute Gasteiger partial charge is 0.258 e. The lowest BCUT2D eigenvalue weighted by Crippen LogP contribution is -2.21. The van der Waals surface area contributed by atoms with Gasteiger partial charge < -0.3 is 0 Å². The van der Waals surface area contributed by atoms with E-state index in [4.69, 9.17) is 0 Å². The highest BCUT2D eigenvalue weighted by Gasteiger charge is 2.22. The van der Waals surface area contributed by atoms with Crippen LogP contribution in [-0.4, -0.2) is 11.8 Å².